The number of aromatic nitrogens is 1. The molecule has 0 atom stereocenters. The zero-order chi connectivity index (χ0) is 34.9. The van der Waals surface area contributed by atoms with Crippen molar-refractivity contribution >= 4 is 71.9 Å². The third-order valence-electron chi connectivity index (χ3n) is 9.61. The van der Waals surface area contributed by atoms with Gasteiger partial charge in [0.15, 0.2) is 0 Å². The number of hydrogen-bond acceptors (Lipinski definition) is 2. The Hall–Kier alpha value is -6.36. The van der Waals surface area contributed by atoms with E-state index in [2.05, 4.69) is 237 Å². The Morgan fingerprint density at radius 3 is 1.04 bits per heavy atom. The normalized spacial score (nSPS) is 11.2. The van der Waals surface area contributed by atoms with Gasteiger partial charge in [0.2, 0.25) is 0 Å². The Kier molecular flexibility index (Phi) is 8.36. The van der Waals surface area contributed by atoms with Crippen LogP contribution in [0.2, 0.25) is 0 Å². The molecule has 0 saturated heterocycles. The molecular formula is C48H34BrN3. The van der Waals surface area contributed by atoms with Crippen LogP contribution in [0.4, 0.5) is 34.1 Å². The molecule has 4 heteroatoms. The molecule has 0 aliphatic rings. The molecule has 0 radical (unpaired) electrons. The number of benzene rings is 8. The number of anilines is 6. The van der Waals surface area contributed by atoms with Crippen LogP contribution in [0.3, 0.4) is 0 Å². The van der Waals surface area contributed by atoms with Crippen molar-refractivity contribution in [2.24, 2.45) is 0 Å². The lowest BCUT2D eigenvalue weighted by Crippen LogP contribution is -2.09. The first kappa shape index (κ1) is 31.6. The van der Waals surface area contributed by atoms with E-state index in [1.165, 1.54) is 21.9 Å². The SMILES string of the molecule is Brc1ccc(-c2ccc(-n3c4ccc(N(c5ccccc5)c5ccccc5)cc4c4cc(N(c5ccccc5)c5ccccc5)ccc43)cc2)cc1. The highest BCUT2D eigenvalue weighted by Crippen LogP contribution is 2.42. The maximum Gasteiger partial charge on any atom is 0.0542 e. The summed E-state index contributed by atoms with van der Waals surface area (Å²) >= 11 is 3.57. The number of fused-ring (bicyclic) bond motifs is 3. The van der Waals surface area contributed by atoms with Crippen LogP contribution in [-0.2, 0) is 0 Å². The minimum absolute atomic E-state index is 1.08. The van der Waals surface area contributed by atoms with E-state index in [0.29, 0.717) is 0 Å². The van der Waals surface area contributed by atoms with E-state index >= 15 is 0 Å². The number of halogens is 1. The van der Waals surface area contributed by atoms with Crippen LogP contribution in [-0.4, -0.2) is 4.57 Å². The lowest BCUT2D eigenvalue weighted by atomic mass is 10.1. The van der Waals surface area contributed by atoms with E-state index in [1.54, 1.807) is 0 Å². The van der Waals surface area contributed by atoms with Gasteiger partial charge in [-0.05, 0) is 120 Å². The maximum atomic E-state index is 3.57. The summed E-state index contributed by atoms with van der Waals surface area (Å²) < 4.78 is 3.47. The standard InChI is InChI=1S/C48H34BrN3/c49-37-25-21-35(22-26-37)36-23-27-42(28-24-36)52-47-31-29-43(50(38-13-5-1-6-14-38)39-15-7-2-8-16-39)33-45(47)46-34-44(30-32-48(46)52)51(40-17-9-3-10-18-40)41-19-11-4-12-20-41/h1-34H. The van der Waals surface area contributed by atoms with Gasteiger partial charge in [-0.15, -0.1) is 0 Å². The second kappa shape index (κ2) is 13.7. The van der Waals surface area contributed by atoms with Crippen LogP contribution in [0, 0.1) is 0 Å². The molecule has 52 heavy (non-hydrogen) atoms. The van der Waals surface area contributed by atoms with Crippen LogP contribution in [0.1, 0.15) is 0 Å². The first-order chi connectivity index (χ1) is 25.7. The van der Waals surface area contributed by atoms with Crippen molar-refractivity contribution in [1.29, 1.82) is 0 Å². The Morgan fingerprint density at radius 2 is 0.673 bits per heavy atom. The molecule has 0 N–H and O–H groups in total. The maximum absolute atomic E-state index is 3.57. The Balaban J connectivity index is 1.27. The highest BCUT2D eigenvalue weighted by atomic mass is 79.9. The summed E-state index contributed by atoms with van der Waals surface area (Å²) in [6.07, 6.45) is 0. The zero-order valence-electron chi connectivity index (χ0n) is 28.3. The first-order valence-electron chi connectivity index (χ1n) is 17.5. The van der Waals surface area contributed by atoms with Crippen LogP contribution < -0.4 is 9.80 Å². The summed E-state index contributed by atoms with van der Waals surface area (Å²) in [5, 5.41) is 2.37. The van der Waals surface area contributed by atoms with Crippen molar-refractivity contribution in [2.45, 2.75) is 0 Å². The van der Waals surface area contributed by atoms with Gasteiger partial charge < -0.3 is 14.4 Å². The van der Waals surface area contributed by atoms with Crippen LogP contribution in [0.15, 0.2) is 211 Å². The quantitative estimate of drug-likeness (QED) is 0.154. The Morgan fingerprint density at radius 1 is 0.327 bits per heavy atom. The van der Waals surface area contributed by atoms with Gasteiger partial charge in [0.1, 0.15) is 0 Å². The van der Waals surface area contributed by atoms with Crippen molar-refractivity contribution in [3.05, 3.63) is 211 Å². The molecule has 0 fully saturated rings. The molecule has 8 aromatic carbocycles. The molecule has 0 aliphatic heterocycles. The molecule has 9 rings (SSSR count). The average molecular weight is 733 g/mol. The van der Waals surface area contributed by atoms with Gasteiger partial charge in [-0.3, -0.25) is 0 Å². The largest absolute Gasteiger partial charge is 0.310 e. The molecular weight excluding hydrogens is 698 g/mol. The molecule has 0 amide bonds. The fraction of sp³-hybridized carbons (Fsp3) is 0. The summed E-state index contributed by atoms with van der Waals surface area (Å²) in [7, 11) is 0. The summed E-state index contributed by atoms with van der Waals surface area (Å²) in [5.74, 6) is 0. The number of rotatable bonds is 8. The number of nitrogens with zero attached hydrogens (tertiary/aromatic N) is 3. The summed E-state index contributed by atoms with van der Waals surface area (Å²) in [5.41, 5.74) is 12.4. The van der Waals surface area contributed by atoms with Gasteiger partial charge in [0.25, 0.3) is 0 Å². The van der Waals surface area contributed by atoms with Gasteiger partial charge in [-0.1, -0.05) is 113 Å². The van der Waals surface area contributed by atoms with Gasteiger partial charge in [-0.25, -0.2) is 0 Å². The van der Waals surface area contributed by atoms with E-state index in [9.17, 15) is 0 Å². The molecule has 0 bridgehead atoms. The second-order valence-electron chi connectivity index (χ2n) is 12.8. The predicted molar refractivity (Wildman–Crippen MR) is 223 cm³/mol. The molecule has 0 spiro atoms. The lowest BCUT2D eigenvalue weighted by molar-refractivity contribution is 1.18. The highest BCUT2D eigenvalue weighted by molar-refractivity contribution is 9.10. The van der Waals surface area contributed by atoms with Crippen LogP contribution in [0.25, 0.3) is 38.6 Å². The number of hydrogen-bond donors (Lipinski definition) is 0. The topological polar surface area (TPSA) is 11.4 Å². The Labute approximate surface area is 312 Å². The minimum atomic E-state index is 1.08. The second-order valence-corrected chi connectivity index (χ2v) is 13.7. The molecule has 0 unspecified atom stereocenters. The molecule has 0 saturated carbocycles. The van der Waals surface area contributed by atoms with Gasteiger partial charge in [0, 0.05) is 55.1 Å². The van der Waals surface area contributed by atoms with E-state index < -0.39 is 0 Å². The molecule has 1 heterocycles. The molecule has 0 aliphatic carbocycles. The third kappa shape index (κ3) is 5.93. The van der Waals surface area contributed by atoms with Crippen molar-refractivity contribution in [3.63, 3.8) is 0 Å². The Bertz CT molecular complexity index is 2380. The predicted octanol–water partition coefficient (Wildman–Crippen LogP) is 14.2. The lowest BCUT2D eigenvalue weighted by Gasteiger charge is -2.26. The molecule has 248 valence electrons. The van der Waals surface area contributed by atoms with Gasteiger partial charge in [-0.2, -0.15) is 0 Å². The summed E-state index contributed by atoms with van der Waals surface area (Å²) in [4.78, 5) is 4.67. The third-order valence-corrected chi connectivity index (χ3v) is 10.1. The first-order valence-corrected chi connectivity index (χ1v) is 18.3. The van der Waals surface area contributed by atoms with Gasteiger partial charge >= 0.3 is 0 Å². The number of para-hydroxylation sites is 4. The van der Waals surface area contributed by atoms with Crippen LogP contribution >= 0.6 is 15.9 Å². The average Bonchev–Trinajstić information content (AvgIpc) is 3.53. The molecule has 9 aromatic rings. The fourth-order valence-corrected chi connectivity index (χ4v) is 7.47. The zero-order valence-corrected chi connectivity index (χ0v) is 29.9. The van der Waals surface area contributed by atoms with E-state index in [0.717, 1.165) is 55.3 Å². The summed E-state index contributed by atoms with van der Waals surface area (Å²) in [6.45, 7) is 0. The molecule has 1 aromatic heterocycles. The fourth-order valence-electron chi connectivity index (χ4n) is 7.20. The highest BCUT2D eigenvalue weighted by Gasteiger charge is 2.20. The van der Waals surface area contributed by atoms with E-state index in [-0.39, 0.29) is 0 Å². The van der Waals surface area contributed by atoms with Crippen molar-refractivity contribution in [2.75, 3.05) is 9.80 Å². The smallest absolute Gasteiger partial charge is 0.0542 e. The van der Waals surface area contributed by atoms with E-state index in [1.807, 2.05) is 0 Å². The van der Waals surface area contributed by atoms with Crippen molar-refractivity contribution < 1.29 is 0 Å². The molecule has 3 nitrogen and oxygen atoms in total. The summed E-state index contributed by atoms with van der Waals surface area (Å²) in [6, 6.07) is 73.6. The monoisotopic (exact) mass is 731 g/mol. The minimum Gasteiger partial charge on any atom is -0.310 e. The van der Waals surface area contributed by atoms with Crippen molar-refractivity contribution in [3.8, 4) is 16.8 Å². The van der Waals surface area contributed by atoms with E-state index in [4.69, 9.17) is 0 Å². The van der Waals surface area contributed by atoms with Gasteiger partial charge in [0.05, 0.1) is 11.0 Å². The van der Waals surface area contributed by atoms with Crippen molar-refractivity contribution in [1.82, 2.24) is 4.57 Å². The van der Waals surface area contributed by atoms with Crippen LogP contribution in [0.5, 0.6) is 0 Å².